The van der Waals surface area contributed by atoms with Crippen LogP contribution in [0.15, 0.2) is 60.7 Å². The van der Waals surface area contributed by atoms with Crippen LogP contribution in [0.25, 0.3) is 0 Å². The molecule has 0 spiro atoms. The maximum absolute atomic E-state index is 12.0. The van der Waals surface area contributed by atoms with Crippen LogP contribution in [0.1, 0.15) is 108 Å². The van der Waals surface area contributed by atoms with E-state index in [0.29, 0.717) is 12.5 Å². The molecule has 2 aromatic rings. The first-order valence-corrected chi connectivity index (χ1v) is 13.9. The molecule has 0 aromatic heterocycles. The number of aliphatic carboxylic acids is 1. The third kappa shape index (κ3) is 18.2. The number of carboxylic acids is 1. The van der Waals surface area contributed by atoms with E-state index in [1.54, 1.807) is 0 Å². The van der Waals surface area contributed by atoms with Gasteiger partial charge in [-0.25, -0.2) is 0 Å². The van der Waals surface area contributed by atoms with Gasteiger partial charge in [0.1, 0.15) is 6.04 Å². The van der Waals surface area contributed by atoms with E-state index in [-0.39, 0.29) is 17.8 Å². The normalized spacial score (nSPS) is 11.9. The molecule has 0 unspecified atom stereocenters. The summed E-state index contributed by atoms with van der Waals surface area (Å²) in [5.41, 5.74) is 6.09. The summed E-state index contributed by atoms with van der Waals surface area (Å²) in [5.74, 6) is -1.43. The van der Waals surface area contributed by atoms with Crippen molar-refractivity contribution in [3.8, 4) is 0 Å². The van der Waals surface area contributed by atoms with Crippen molar-refractivity contribution in [2.45, 2.75) is 109 Å². The number of unbranched alkanes of at least 4 members (excludes halogenated alkanes) is 10. The van der Waals surface area contributed by atoms with Crippen molar-refractivity contribution in [2.75, 3.05) is 0 Å². The molecule has 2 rings (SSSR count). The molecule has 0 bridgehead atoms. The van der Waals surface area contributed by atoms with Gasteiger partial charge in [-0.1, -0.05) is 132 Å². The number of quaternary nitrogens is 1. The van der Waals surface area contributed by atoms with E-state index in [1.807, 2.05) is 48.5 Å². The van der Waals surface area contributed by atoms with Gasteiger partial charge in [-0.15, -0.1) is 0 Å². The lowest BCUT2D eigenvalue weighted by molar-refractivity contribution is -0.420. The third-order valence-electron chi connectivity index (χ3n) is 6.28. The van der Waals surface area contributed by atoms with Gasteiger partial charge in [0.15, 0.2) is 0 Å². The molecule has 0 fully saturated rings. The highest BCUT2D eigenvalue weighted by molar-refractivity contribution is 5.82. The molecule has 6 N–H and O–H groups in total. The Morgan fingerprint density at radius 1 is 0.784 bits per heavy atom. The zero-order valence-electron chi connectivity index (χ0n) is 23.1. The summed E-state index contributed by atoms with van der Waals surface area (Å²) >= 11 is 0. The average molecular weight is 515 g/mol. The second kappa shape index (κ2) is 22.5. The summed E-state index contributed by atoms with van der Waals surface area (Å²) in [6, 6.07) is 19.0. The summed E-state index contributed by atoms with van der Waals surface area (Å²) in [6.45, 7) is 4.33. The molecular formula is C31H50N2O4. The van der Waals surface area contributed by atoms with E-state index in [1.165, 1.54) is 56.9 Å². The molecule has 6 heteroatoms. The lowest BCUT2D eigenvalue weighted by Crippen LogP contribution is -2.51. The predicted molar refractivity (Wildman–Crippen MR) is 150 cm³/mol. The van der Waals surface area contributed by atoms with E-state index >= 15 is 0 Å². The van der Waals surface area contributed by atoms with Crippen LogP contribution in [0.5, 0.6) is 0 Å². The van der Waals surface area contributed by atoms with Crippen molar-refractivity contribution in [1.82, 2.24) is 5.32 Å². The number of carboxylic acid groups (broad SMARTS) is 1. The summed E-state index contributed by atoms with van der Waals surface area (Å²) in [6.07, 6.45) is 14.2. The second-order valence-corrected chi connectivity index (χ2v) is 9.73. The molecule has 0 heterocycles. The Hall–Kier alpha value is -2.70. The summed E-state index contributed by atoms with van der Waals surface area (Å²) in [5, 5.41) is 13.9. The van der Waals surface area contributed by atoms with Crippen LogP contribution in [0.3, 0.4) is 0 Å². The largest absolute Gasteiger partial charge is 0.548 e. The number of nitrogens with one attached hydrogen (secondary N) is 1. The van der Waals surface area contributed by atoms with Gasteiger partial charge in [-0.05, 0) is 25.3 Å². The lowest BCUT2D eigenvalue weighted by Gasteiger charge is -2.20. The monoisotopic (exact) mass is 514 g/mol. The number of amides is 1. The van der Waals surface area contributed by atoms with Gasteiger partial charge in [0.25, 0.3) is 0 Å². The molecule has 0 aliphatic heterocycles. The SMILES string of the molecule is CCCCCCCCCCCCCC(=O)N[C@@H](Cc1ccccc1)C(=O)[O-].C[C@@H]([NH3+])c1ccccc1.O. The van der Waals surface area contributed by atoms with Gasteiger partial charge in [0, 0.05) is 12.0 Å². The summed E-state index contributed by atoms with van der Waals surface area (Å²) in [7, 11) is 0. The molecule has 37 heavy (non-hydrogen) atoms. The average Bonchev–Trinajstić information content (AvgIpc) is 2.88. The molecule has 2 atom stereocenters. The van der Waals surface area contributed by atoms with Crippen molar-refractivity contribution in [2.24, 2.45) is 0 Å². The highest BCUT2D eigenvalue weighted by Crippen LogP contribution is 2.12. The Kier molecular flexibility index (Phi) is 20.9. The fraction of sp³-hybridized carbons (Fsp3) is 0.548. The van der Waals surface area contributed by atoms with E-state index in [9.17, 15) is 14.7 Å². The van der Waals surface area contributed by atoms with Crippen LogP contribution < -0.4 is 16.2 Å². The topological polar surface area (TPSA) is 128 Å². The molecule has 0 aliphatic rings. The fourth-order valence-electron chi connectivity index (χ4n) is 4.04. The van der Waals surface area contributed by atoms with Crippen LogP contribution in [0.2, 0.25) is 0 Å². The quantitative estimate of drug-likeness (QED) is 0.305. The highest BCUT2D eigenvalue weighted by atomic mass is 16.4. The molecule has 0 radical (unpaired) electrons. The minimum absolute atomic E-state index is 0. The van der Waals surface area contributed by atoms with E-state index < -0.39 is 12.0 Å². The highest BCUT2D eigenvalue weighted by Gasteiger charge is 2.14. The second-order valence-electron chi connectivity index (χ2n) is 9.73. The van der Waals surface area contributed by atoms with Crippen LogP contribution in [-0.2, 0) is 16.0 Å². The van der Waals surface area contributed by atoms with Crippen molar-refractivity contribution in [3.05, 3.63) is 71.8 Å². The van der Waals surface area contributed by atoms with Crippen molar-refractivity contribution in [1.29, 1.82) is 0 Å². The van der Waals surface area contributed by atoms with E-state index in [0.717, 1.165) is 24.8 Å². The molecule has 2 aromatic carbocycles. The number of carbonyl (C=O) groups is 2. The molecule has 1 amide bonds. The Morgan fingerprint density at radius 3 is 1.68 bits per heavy atom. The Bertz CT molecular complexity index is 812. The first-order valence-electron chi connectivity index (χ1n) is 13.9. The smallest absolute Gasteiger partial charge is 0.220 e. The van der Waals surface area contributed by atoms with E-state index in [2.05, 4.69) is 37.0 Å². The van der Waals surface area contributed by atoms with Crippen molar-refractivity contribution < 1.29 is 25.9 Å². The van der Waals surface area contributed by atoms with Crippen molar-refractivity contribution in [3.63, 3.8) is 0 Å². The van der Waals surface area contributed by atoms with Gasteiger partial charge in [0.05, 0.1) is 12.0 Å². The van der Waals surface area contributed by atoms with Gasteiger partial charge < -0.3 is 26.4 Å². The Morgan fingerprint density at radius 2 is 1.24 bits per heavy atom. The number of rotatable bonds is 17. The first-order chi connectivity index (χ1) is 17.4. The van der Waals surface area contributed by atoms with Crippen LogP contribution >= 0.6 is 0 Å². The molecule has 0 saturated carbocycles. The van der Waals surface area contributed by atoms with Crippen LogP contribution in [-0.4, -0.2) is 23.4 Å². The predicted octanol–water partition coefficient (Wildman–Crippen LogP) is 4.33. The van der Waals surface area contributed by atoms with Crippen LogP contribution in [0, 0.1) is 0 Å². The molecule has 6 nitrogen and oxygen atoms in total. The molecule has 0 aliphatic carbocycles. The van der Waals surface area contributed by atoms with Crippen molar-refractivity contribution >= 4 is 11.9 Å². The van der Waals surface area contributed by atoms with Gasteiger partial charge in [-0.3, -0.25) is 4.79 Å². The zero-order valence-corrected chi connectivity index (χ0v) is 23.1. The van der Waals surface area contributed by atoms with Gasteiger partial charge in [0.2, 0.25) is 5.91 Å². The molecular weight excluding hydrogens is 464 g/mol. The molecule has 208 valence electrons. The summed E-state index contributed by atoms with van der Waals surface area (Å²) in [4.78, 5) is 23.3. The third-order valence-corrected chi connectivity index (χ3v) is 6.28. The minimum atomic E-state index is -1.23. The lowest BCUT2D eigenvalue weighted by atomic mass is 10.0. The van der Waals surface area contributed by atoms with E-state index in [4.69, 9.17) is 0 Å². The van der Waals surface area contributed by atoms with Crippen LogP contribution in [0.4, 0.5) is 0 Å². The number of hydrogen-bond acceptors (Lipinski definition) is 3. The maximum atomic E-state index is 12.0. The maximum Gasteiger partial charge on any atom is 0.220 e. The number of hydrogen-bond donors (Lipinski definition) is 2. The zero-order chi connectivity index (χ0) is 26.4. The first kappa shape index (κ1) is 34.3. The standard InChI is InChI=1S/C23H37NO3.C8H11N.H2O/c1-2-3-4-5-6-7-8-9-10-11-15-18-22(25)24-21(23(26)27)19-20-16-13-12-14-17-20;1-7(9)8-5-3-2-4-6-8;/h12-14,16-17,21H,2-11,15,18-19H2,1H3,(H,24,25)(H,26,27);2-7H,9H2,1H3;1H2/t21-;7-;/m01./s1. The van der Waals surface area contributed by atoms with Gasteiger partial charge >= 0.3 is 0 Å². The summed E-state index contributed by atoms with van der Waals surface area (Å²) < 4.78 is 0. The Labute approximate surface area is 224 Å². The fourth-order valence-corrected chi connectivity index (χ4v) is 4.04. The number of benzene rings is 2. The minimum Gasteiger partial charge on any atom is -0.548 e. The number of carbonyl (C=O) groups excluding carboxylic acids is 2. The van der Waals surface area contributed by atoms with Gasteiger partial charge in [-0.2, -0.15) is 0 Å². The Balaban J connectivity index is 0.00000109. The molecule has 0 saturated heterocycles.